The quantitative estimate of drug-likeness (QED) is 0.700. The predicted octanol–water partition coefficient (Wildman–Crippen LogP) is 2.70. The van der Waals surface area contributed by atoms with Crippen LogP contribution in [-0.4, -0.2) is 0 Å². The molecule has 0 spiro atoms. The number of benzene rings is 1. The van der Waals surface area contributed by atoms with Gasteiger partial charge in [-0.05, 0) is 12.0 Å². The summed E-state index contributed by atoms with van der Waals surface area (Å²) in [4.78, 5) is 0. The Hall–Kier alpha value is -0.0917. The summed E-state index contributed by atoms with van der Waals surface area (Å²) in [5.41, 5.74) is 1.41. The maximum Gasteiger partial charge on any atom is 0 e. The summed E-state index contributed by atoms with van der Waals surface area (Å²) in [5.74, 6) is 0. The average Bonchev–Trinajstić information content (AvgIpc) is 1.90. The molecule has 0 radical (unpaired) electrons. The number of hydrogen-bond donors (Lipinski definition) is 0. The van der Waals surface area contributed by atoms with Gasteiger partial charge < -0.3 is 7.43 Å². The molecule has 0 unspecified atom stereocenters. The molecule has 1 aromatic rings. The van der Waals surface area contributed by atoms with Gasteiger partial charge in [0.1, 0.15) is 0 Å². The molecule has 0 bridgehead atoms. The second-order valence-electron chi connectivity index (χ2n) is 1.84. The van der Waals surface area contributed by atoms with Crippen molar-refractivity contribution in [2.24, 2.45) is 0 Å². The van der Waals surface area contributed by atoms with E-state index in [0.717, 1.165) is 6.42 Å². The summed E-state index contributed by atoms with van der Waals surface area (Å²) >= 11 is 0. The number of hydrogen-bond acceptors (Lipinski definition) is 0. The van der Waals surface area contributed by atoms with Crippen molar-refractivity contribution in [3.05, 3.63) is 43.3 Å². The van der Waals surface area contributed by atoms with Gasteiger partial charge in [0.25, 0.3) is 0 Å². The maximum atomic E-state index is 2.16. The van der Waals surface area contributed by atoms with Crippen molar-refractivity contribution < 1.29 is 21.1 Å². The first-order valence-corrected chi connectivity index (χ1v) is 2.97. The van der Waals surface area contributed by atoms with Crippen molar-refractivity contribution in [1.82, 2.24) is 0 Å². The van der Waals surface area contributed by atoms with Crippen LogP contribution in [0, 0.1) is 7.43 Å². The third-order valence-corrected chi connectivity index (χ3v) is 1.25. The van der Waals surface area contributed by atoms with Gasteiger partial charge in [-0.25, -0.2) is 0 Å². The molecule has 1 heteroatoms. The topological polar surface area (TPSA) is 0 Å². The monoisotopic (exact) mass is 305 g/mol. The first-order chi connectivity index (χ1) is 3.93. The summed E-state index contributed by atoms with van der Waals surface area (Å²) < 4.78 is 0. The summed E-state index contributed by atoms with van der Waals surface area (Å²) in [6.07, 6.45) is 1.14. The molecule has 0 N–H and O–H groups in total. The normalized spacial score (nSPS) is 7.30. The molecule has 0 aliphatic carbocycles. The third kappa shape index (κ3) is 3.84. The fourth-order valence-corrected chi connectivity index (χ4v) is 0.714. The Morgan fingerprint density at radius 3 is 1.90 bits per heavy atom. The smallest absolute Gasteiger partial charge is 0 e. The SMILES string of the molecule is CCc1ccccc1.[CH3-].[W]. The molecule has 0 nitrogen and oxygen atoms in total. The van der Waals surface area contributed by atoms with E-state index in [-0.39, 0.29) is 28.5 Å². The first kappa shape index (κ1) is 12.6. The van der Waals surface area contributed by atoms with Gasteiger partial charge in [-0.15, -0.1) is 0 Å². The van der Waals surface area contributed by atoms with Crippen LogP contribution in [0.25, 0.3) is 0 Å². The van der Waals surface area contributed by atoms with Crippen LogP contribution in [0.1, 0.15) is 12.5 Å². The van der Waals surface area contributed by atoms with Crippen LogP contribution in [0.2, 0.25) is 0 Å². The zero-order chi connectivity index (χ0) is 5.82. The van der Waals surface area contributed by atoms with E-state index < -0.39 is 0 Å². The van der Waals surface area contributed by atoms with E-state index in [1.165, 1.54) is 5.56 Å². The van der Waals surface area contributed by atoms with E-state index in [1.54, 1.807) is 0 Å². The summed E-state index contributed by atoms with van der Waals surface area (Å²) in [6, 6.07) is 10.5. The molecule has 0 aliphatic heterocycles. The Kier molecular flexibility index (Phi) is 8.83. The van der Waals surface area contributed by atoms with E-state index in [4.69, 9.17) is 0 Å². The van der Waals surface area contributed by atoms with Gasteiger partial charge >= 0.3 is 0 Å². The molecule has 1 rings (SSSR count). The van der Waals surface area contributed by atoms with E-state index in [2.05, 4.69) is 31.2 Å². The fraction of sp³-hybridized carbons (Fsp3) is 0.222. The van der Waals surface area contributed by atoms with Gasteiger partial charge in [-0.2, -0.15) is 0 Å². The van der Waals surface area contributed by atoms with Crippen LogP contribution in [0.15, 0.2) is 30.3 Å². The minimum atomic E-state index is 0. The molecule has 10 heavy (non-hydrogen) atoms. The van der Waals surface area contributed by atoms with Gasteiger partial charge in [0, 0.05) is 21.1 Å². The van der Waals surface area contributed by atoms with Crippen molar-refractivity contribution in [3.8, 4) is 0 Å². The standard InChI is InChI=1S/C8H10.CH3.W/c1-2-8-6-4-3-5-7-8;;/h3-7H,2H2,1H3;1H3;/q;-1;. The molecule has 0 amide bonds. The second-order valence-corrected chi connectivity index (χ2v) is 1.84. The Morgan fingerprint density at radius 1 is 1.10 bits per heavy atom. The molecule has 0 saturated carbocycles. The predicted molar refractivity (Wildman–Crippen MR) is 42.2 cm³/mol. The Balaban J connectivity index is 0. The number of aryl methyl sites for hydroxylation is 1. The molecule has 0 atom stereocenters. The molecule has 1 aromatic carbocycles. The Bertz CT molecular complexity index is 146. The van der Waals surface area contributed by atoms with Crippen LogP contribution in [0.4, 0.5) is 0 Å². The zero-order valence-corrected chi connectivity index (χ0v) is 9.44. The summed E-state index contributed by atoms with van der Waals surface area (Å²) in [6.45, 7) is 2.16. The van der Waals surface area contributed by atoms with E-state index in [1.807, 2.05) is 6.07 Å². The molecule has 0 saturated heterocycles. The van der Waals surface area contributed by atoms with Crippen LogP contribution in [-0.2, 0) is 27.5 Å². The van der Waals surface area contributed by atoms with Crippen molar-refractivity contribution in [2.75, 3.05) is 0 Å². The molecule has 0 aliphatic rings. The molecule has 0 aromatic heterocycles. The van der Waals surface area contributed by atoms with Crippen LogP contribution < -0.4 is 0 Å². The molecular weight excluding hydrogens is 292 g/mol. The van der Waals surface area contributed by atoms with Gasteiger partial charge in [0.2, 0.25) is 0 Å². The summed E-state index contributed by atoms with van der Waals surface area (Å²) in [7, 11) is 0. The maximum absolute atomic E-state index is 2.16. The van der Waals surface area contributed by atoms with Crippen molar-refractivity contribution in [2.45, 2.75) is 13.3 Å². The van der Waals surface area contributed by atoms with Gasteiger partial charge in [0.15, 0.2) is 0 Å². The van der Waals surface area contributed by atoms with Crippen LogP contribution in [0.3, 0.4) is 0 Å². The van der Waals surface area contributed by atoms with Gasteiger partial charge in [-0.1, -0.05) is 37.3 Å². The Morgan fingerprint density at radius 2 is 1.60 bits per heavy atom. The molecular formula is C9H13W-. The second kappa shape index (κ2) is 7.02. The molecule has 56 valence electrons. The van der Waals surface area contributed by atoms with Crippen LogP contribution in [0.5, 0.6) is 0 Å². The van der Waals surface area contributed by atoms with Crippen molar-refractivity contribution in [3.63, 3.8) is 0 Å². The molecule has 0 heterocycles. The largest absolute Gasteiger partial charge is 0.358 e. The molecule has 0 fully saturated rings. The van der Waals surface area contributed by atoms with Crippen molar-refractivity contribution in [1.29, 1.82) is 0 Å². The Labute approximate surface area is 77.9 Å². The fourth-order valence-electron chi connectivity index (χ4n) is 0.714. The third-order valence-electron chi connectivity index (χ3n) is 1.25. The van der Waals surface area contributed by atoms with E-state index >= 15 is 0 Å². The minimum absolute atomic E-state index is 0. The summed E-state index contributed by atoms with van der Waals surface area (Å²) in [5, 5.41) is 0. The van der Waals surface area contributed by atoms with E-state index in [0.29, 0.717) is 0 Å². The number of rotatable bonds is 1. The minimum Gasteiger partial charge on any atom is -0.358 e. The average molecular weight is 305 g/mol. The zero-order valence-electron chi connectivity index (χ0n) is 6.50. The van der Waals surface area contributed by atoms with Gasteiger partial charge in [0.05, 0.1) is 0 Å². The van der Waals surface area contributed by atoms with Gasteiger partial charge in [-0.3, -0.25) is 0 Å². The van der Waals surface area contributed by atoms with Crippen LogP contribution >= 0.6 is 0 Å². The van der Waals surface area contributed by atoms with E-state index in [9.17, 15) is 0 Å². The first-order valence-electron chi connectivity index (χ1n) is 2.97. The van der Waals surface area contributed by atoms with Crippen molar-refractivity contribution >= 4 is 0 Å².